The Morgan fingerprint density at radius 3 is 2.37 bits per heavy atom. The van der Waals surface area contributed by atoms with Crippen molar-refractivity contribution in [3.05, 3.63) is 128 Å². The third-order valence-corrected chi connectivity index (χ3v) is 8.53. The average molecular weight is 715 g/mol. The van der Waals surface area contributed by atoms with E-state index in [4.69, 9.17) is 16.3 Å². The first-order valence-electron chi connectivity index (χ1n) is 16.0. The van der Waals surface area contributed by atoms with Gasteiger partial charge in [0.25, 0.3) is 17.7 Å². The molecule has 0 radical (unpaired) electrons. The van der Waals surface area contributed by atoms with Crippen molar-refractivity contribution < 1.29 is 32.7 Å². The maximum absolute atomic E-state index is 14.0. The lowest BCUT2D eigenvalue weighted by Gasteiger charge is -2.21. The van der Waals surface area contributed by atoms with E-state index in [1.54, 1.807) is 57.2 Å². The van der Waals surface area contributed by atoms with E-state index in [1.165, 1.54) is 22.7 Å². The fourth-order valence-corrected chi connectivity index (χ4v) is 5.96. The van der Waals surface area contributed by atoms with Gasteiger partial charge in [-0.3, -0.25) is 14.4 Å². The van der Waals surface area contributed by atoms with Gasteiger partial charge in [0.15, 0.2) is 23.0 Å². The second kappa shape index (κ2) is 13.9. The number of rotatable bonds is 8. The highest BCUT2D eigenvalue weighted by Gasteiger charge is 2.30. The molecule has 0 spiro atoms. The number of nitrogens with one attached hydrogen (secondary N) is 3. The summed E-state index contributed by atoms with van der Waals surface area (Å²) in [6.45, 7) is 7.09. The van der Waals surface area contributed by atoms with E-state index in [0.29, 0.717) is 34.7 Å². The Morgan fingerprint density at radius 2 is 1.67 bits per heavy atom. The van der Waals surface area contributed by atoms with Crippen LogP contribution in [0.1, 0.15) is 97.3 Å². The molecule has 14 heteroatoms. The van der Waals surface area contributed by atoms with Gasteiger partial charge in [-0.15, -0.1) is 0 Å². The molecular weight excluding hydrogens is 682 g/mol. The van der Waals surface area contributed by atoms with E-state index in [9.17, 15) is 28.0 Å². The normalized spacial score (nSPS) is 13.8. The summed E-state index contributed by atoms with van der Waals surface area (Å²) in [5.41, 5.74) is 2.78. The Balaban J connectivity index is 1.30. The van der Waals surface area contributed by atoms with Crippen LogP contribution in [0.5, 0.6) is 0 Å². The van der Waals surface area contributed by atoms with Crippen molar-refractivity contribution in [3.8, 4) is 0 Å². The number of aromatic nitrogens is 3. The summed E-state index contributed by atoms with van der Waals surface area (Å²) in [7, 11) is 0. The van der Waals surface area contributed by atoms with Gasteiger partial charge < -0.3 is 20.7 Å². The summed E-state index contributed by atoms with van der Waals surface area (Å²) in [5.74, 6) is -4.42. The van der Waals surface area contributed by atoms with Crippen molar-refractivity contribution in [1.29, 1.82) is 0 Å². The Hall–Kier alpha value is -5.69. The molecular formula is C37H33ClF2N6O5. The second-order valence-electron chi connectivity index (χ2n) is 13.1. The van der Waals surface area contributed by atoms with Crippen LogP contribution in [0.3, 0.4) is 0 Å². The molecule has 6 rings (SSSR count). The number of carbonyl (C=O) groups is 4. The molecule has 1 aliphatic carbocycles. The molecule has 3 N–H and O–H groups in total. The van der Waals surface area contributed by atoms with Crippen LogP contribution < -0.4 is 16.0 Å². The van der Waals surface area contributed by atoms with E-state index in [1.807, 2.05) is 6.92 Å². The minimum atomic E-state index is -1.06. The summed E-state index contributed by atoms with van der Waals surface area (Å²) in [6.07, 6.45) is 1.15. The van der Waals surface area contributed by atoms with Crippen molar-refractivity contribution in [3.63, 3.8) is 0 Å². The molecule has 262 valence electrons. The van der Waals surface area contributed by atoms with E-state index in [2.05, 4.69) is 26.0 Å². The van der Waals surface area contributed by atoms with E-state index in [-0.39, 0.29) is 29.3 Å². The lowest BCUT2D eigenvalue weighted by Crippen LogP contribution is -2.31. The maximum Gasteiger partial charge on any atom is 0.338 e. The SMILES string of the molecule is Cc1c(C(=O)OC(C)(C)C)ccc2c1CC[C@@H]2NC(=O)c1cc(C(=O)NCc2ccc(F)c(F)c2)nc2cc(C(=O)Nc3ccc(Cl)cc3)nn12. The highest BCUT2D eigenvalue weighted by molar-refractivity contribution is 6.30. The van der Waals surface area contributed by atoms with Crippen molar-refractivity contribution in [1.82, 2.24) is 25.2 Å². The first-order valence-corrected chi connectivity index (χ1v) is 16.4. The fourth-order valence-electron chi connectivity index (χ4n) is 5.83. The minimum absolute atomic E-state index is 0.0338. The number of hydrogen-bond donors (Lipinski definition) is 3. The second-order valence-corrected chi connectivity index (χ2v) is 13.5. The average Bonchev–Trinajstić information content (AvgIpc) is 3.70. The molecule has 1 aliphatic rings. The van der Waals surface area contributed by atoms with Crippen molar-refractivity contribution >= 4 is 46.6 Å². The van der Waals surface area contributed by atoms with Crippen LogP contribution in [0, 0.1) is 18.6 Å². The van der Waals surface area contributed by atoms with Crippen molar-refractivity contribution in [2.45, 2.75) is 58.7 Å². The highest BCUT2D eigenvalue weighted by atomic mass is 35.5. The summed E-state index contributed by atoms with van der Waals surface area (Å²) in [6, 6.07) is 15.3. The molecule has 51 heavy (non-hydrogen) atoms. The number of benzene rings is 3. The quantitative estimate of drug-likeness (QED) is 0.155. The summed E-state index contributed by atoms with van der Waals surface area (Å²) in [5, 5.41) is 13.2. The predicted octanol–water partition coefficient (Wildman–Crippen LogP) is 6.52. The molecule has 0 unspecified atom stereocenters. The molecule has 2 heterocycles. The first-order chi connectivity index (χ1) is 24.2. The lowest BCUT2D eigenvalue weighted by molar-refractivity contribution is 0.00682. The van der Waals surface area contributed by atoms with Gasteiger partial charge in [-0.05, 0) is 105 Å². The number of amides is 3. The number of fused-ring (bicyclic) bond motifs is 2. The monoisotopic (exact) mass is 714 g/mol. The standard InChI is InChI=1S/C37H33ClF2N6O5/c1-19-23-12-14-28(25(23)11-10-24(19)36(50)51-37(2,3)4)44-35(49)31-16-29(33(47)41-18-20-5-13-26(39)27(40)15-20)43-32-17-30(45-46(31)32)34(48)42-22-8-6-21(38)7-9-22/h5-11,13,15-17,28H,12,14,18H2,1-4H3,(H,41,47)(H,42,48)(H,44,49)/t28-/m0/s1. The molecule has 5 aromatic rings. The number of halogens is 3. The molecule has 0 saturated heterocycles. The van der Waals surface area contributed by atoms with Crippen LogP contribution in [0.2, 0.25) is 5.02 Å². The zero-order chi connectivity index (χ0) is 36.6. The minimum Gasteiger partial charge on any atom is -0.456 e. The van der Waals surface area contributed by atoms with Gasteiger partial charge in [-0.1, -0.05) is 23.7 Å². The Kier molecular flexibility index (Phi) is 9.58. The van der Waals surface area contributed by atoms with Crippen LogP contribution in [0.25, 0.3) is 5.65 Å². The van der Waals surface area contributed by atoms with Crippen molar-refractivity contribution in [2.24, 2.45) is 0 Å². The van der Waals surface area contributed by atoms with E-state index < -0.39 is 47.0 Å². The van der Waals surface area contributed by atoms with Crippen LogP contribution in [-0.4, -0.2) is 43.9 Å². The van der Waals surface area contributed by atoms with Gasteiger partial charge in [0.1, 0.15) is 17.0 Å². The molecule has 0 aliphatic heterocycles. The number of hydrogen-bond acceptors (Lipinski definition) is 7. The smallest absolute Gasteiger partial charge is 0.338 e. The van der Waals surface area contributed by atoms with Crippen LogP contribution in [-0.2, 0) is 17.7 Å². The number of esters is 1. The van der Waals surface area contributed by atoms with Crippen LogP contribution in [0.15, 0.2) is 66.7 Å². The zero-order valence-electron chi connectivity index (χ0n) is 28.1. The number of ether oxygens (including phenoxy) is 1. The molecule has 3 aromatic carbocycles. The Labute approximate surface area is 296 Å². The fraction of sp³-hybridized carbons (Fsp3) is 0.243. The number of carbonyl (C=O) groups excluding carboxylic acids is 4. The molecule has 0 bridgehead atoms. The third-order valence-electron chi connectivity index (χ3n) is 8.28. The lowest BCUT2D eigenvalue weighted by atomic mass is 9.97. The molecule has 0 fully saturated rings. The zero-order valence-corrected chi connectivity index (χ0v) is 28.8. The third kappa shape index (κ3) is 7.73. The molecule has 2 aromatic heterocycles. The molecule has 3 amide bonds. The molecule has 1 atom stereocenters. The Morgan fingerprint density at radius 1 is 0.922 bits per heavy atom. The summed E-state index contributed by atoms with van der Waals surface area (Å²) < 4.78 is 33.9. The summed E-state index contributed by atoms with van der Waals surface area (Å²) in [4.78, 5) is 57.6. The maximum atomic E-state index is 14.0. The van der Waals surface area contributed by atoms with Crippen LogP contribution in [0.4, 0.5) is 14.5 Å². The van der Waals surface area contributed by atoms with Crippen molar-refractivity contribution in [2.75, 3.05) is 5.32 Å². The topological polar surface area (TPSA) is 144 Å². The van der Waals surface area contributed by atoms with E-state index in [0.717, 1.165) is 28.8 Å². The molecule has 11 nitrogen and oxygen atoms in total. The predicted molar refractivity (Wildman–Crippen MR) is 185 cm³/mol. The van der Waals surface area contributed by atoms with Gasteiger partial charge in [-0.2, -0.15) is 5.10 Å². The van der Waals surface area contributed by atoms with Gasteiger partial charge in [0, 0.05) is 29.4 Å². The van der Waals surface area contributed by atoms with Crippen LogP contribution >= 0.6 is 11.6 Å². The van der Waals surface area contributed by atoms with Gasteiger partial charge in [0.05, 0.1) is 11.6 Å². The number of anilines is 1. The summed E-state index contributed by atoms with van der Waals surface area (Å²) >= 11 is 5.96. The Bertz CT molecular complexity index is 2210. The number of nitrogens with zero attached hydrogens (tertiary/aromatic N) is 3. The van der Waals surface area contributed by atoms with E-state index >= 15 is 0 Å². The largest absolute Gasteiger partial charge is 0.456 e. The highest BCUT2D eigenvalue weighted by Crippen LogP contribution is 2.35. The molecule has 0 saturated carbocycles. The van der Waals surface area contributed by atoms with Gasteiger partial charge >= 0.3 is 5.97 Å². The van der Waals surface area contributed by atoms with Gasteiger partial charge in [0.2, 0.25) is 0 Å². The first kappa shape index (κ1) is 35.1. The van der Waals surface area contributed by atoms with Gasteiger partial charge in [-0.25, -0.2) is 23.1 Å².